The van der Waals surface area contributed by atoms with E-state index in [4.69, 9.17) is 6.85 Å². The molecule has 0 aliphatic heterocycles. The molecule has 1 heteroatoms. The van der Waals surface area contributed by atoms with Crippen LogP contribution < -0.4 is 0 Å². The molecule has 0 fully saturated rings. The quantitative estimate of drug-likeness (QED) is 0.137. The third kappa shape index (κ3) is 3.94. The first-order chi connectivity index (χ1) is 25.4. The minimum absolute atomic E-state index is 0.196. The molecule has 1 heterocycles. The Balaban J connectivity index is 1.34. The molecular formula is C46H28S. The van der Waals surface area contributed by atoms with Crippen LogP contribution in [0.15, 0.2) is 170 Å². The van der Waals surface area contributed by atoms with Crippen LogP contribution in [0.4, 0.5) is 0 Å². The lowest BCUT2D eigenvalue weighted by atomic mass is 9.83. The topological polar surface area (TPSA) is 0 Å². The first kappa shape index (κ1) is 21.9. The Kier molecular flexibility index (Phi) is 4.84. The fourth-order valence-electron chi connectivity index (χ4n) is 7.59. The van der Waals surface area contributed by atoms with E-state index in [9.17, 15) is 0 Å². The highest BCUT2D eigenvalue weighted by atomic mass is 32.1. The monoisotopic (exact) mass is 617 g/mol. The molecule has 0 atom stereocenters. The summed E-state index contributed by atoms with van der Waals surface area (Å²) in [6.07, 6.45) is 0. The van der Waals surface area contributed by atoms with Crippen molar-refractivity contribution in [2.45, 2.75) is 0 Å². The fourth-order valence-corrected chi connectivity index (χ4v) is 8.83. The van der Waals surface area contributed by atoms with Gasteiger partial charge in [-0.2, -0.15) is 0 Å². The molecule has 0 N–H and O–H groups in total. The predicted octanol–water partition coefficient (Wildman–Crippen LogP) is 13.7. The highest BCUT2D eigenvalue weighted by Gasteiger charge is 2.22. The molecule has 0 saturated heterocycles. The van der Waals surface area contributed by atoms with Crippen LogP contribution in [-0.2, 0) is 0 Å². The average molecular weight is 618 g/mol. The van der Waals surface area contributed by atoms with Gasteiger partial charge in [0.1, 0.15) is 0 Å². The van der Waals surface area contributed by atoms with Crippen molar-refractivity contribution in [2.75, 3.05) is 0 Å². The zero-order valence-corrected chi connectivity index (χ0v) is 26.0. The first-order valence-electron chi connectivity index (χ1n) is 18.3. The van der Waals surface area contributed by atoms with Gasteiger partial charge in [-0.25, -0.2) is 0 Å². The van der Waals surface area contributed by atoms with E-state index in [0.29, 0.717) is 5.56 Å². The van der Waals surface area contributed by atoms with E-state index in [1.54, 1.807) is 11.3 Å². The van der Waals surface area contributed by atoms with Crippen LogP contribution >= 0.6 is 11.3 Å². The van der Waals surface area contributed by atoms with E-state index in [1.807, 2.05) is 18.2 Å². The Hall–Kier alpha value is -5.76. The molecule has 1 aromatic heterocycles. The van der Waals surface area contributed by atoms with Gasteiger partial charge in [-0.1, -0.05) is 164 Å². The highest BCUT2D eigenvalue weighted by molar-refractivity contribution is 7.26. The lowest BCUT2D eigenvalue weighted by Gasteiger charge is -2.20. The summed E-state index contributed by atoms with van der Waals surface area (Å²) in [5.74, 6) is 0. The van der Waals surface area contributed by atoms with Crippen LogP contribution in [0.3, 0.4) is 0 Å². The summed E-state index contributed by atoms with van der Waals surface area (Å²) < 4.78 is 45.0. The summed E-state index contributed by atoms with van der Waals surface area (Å²) in [6, 6.07) is 47.7. The molecule has 0 spiro atoms. The van der Waals surface area contributed by atoms with Gasteiger partial charge in [0.15, 0.2) is 0 Å². The second-order valence-corrected chi connectivity index (χ2v) is 13.0. The molecule has 47 heavy (non-hydrogen) atoms. The second kappa shape index (κ2) is 10.4. The third-order valence-electron chi connectivity index (χ3n) is 9.55. The zero-order valence-electron chi connectivity index (χ0n) is 30.2. The SMILES string of the molecule is [2H]c1c([2H])c([2H])c(-c2ccc(-c3c4ccccc4c(-c4cccc5c4ccc4ccccc45)c4ccccc34)c3sc4ccccc4c23)c([2H])c1[2H]. The maximum atomic E-state index is 8.88. The summed E-state index contributed by atoms with van der Waals surface area (Å²) in [6.45, 7) is 0. The van der Waals surface area contributed by atoms with Gasteiger partial charge >= 0.3 is 0 Å². The van der Waals surface area contributed by atoms with Crippen molar-refractivity contribution in [3.8, 4) is 33.4 Å². The van der Waals surface area contributed by atoms with Gasteiger partial charge < -0.3 is 0 Å². The largest absolute Gasteiger partial charge is 0.135 e. The van der Waals surface area contributed by atoms with E-state index in [0.717, 1.165) is 52.8 Å². The number of hydrogen-bond acceptors (Lipinski definition) is 1. The molecule has 0 nitrogen and oxygen atoms in total. The maximum absolute atomic E-state index is 8.88. The molecule has 0 radical (unpaired) electrons. The normalized spacial score (nSPS) is 13.3. The van der Waals surface area contributed by atoms with Gasteiger partial charge in [-0.3, -0.25) is 0 Å². The average Bonchev–Trinajstić information content (AvgIpc) is 3.58. The summed E-state index contributed by atoms with van der Waals surface area (Å²) in [5.41, 5.74) is 5.41. The van der Waals surface area contributed by atoms with Crippen molar-refractivity contribution in [1.29, 1.82) is 0 Å². The molecule has 0 saturated carbocycles. The number of benzene rings is 9. The minimum atomic E-state index is -0.390. The molecule has 0 bridgehead atoms. The van der Waals surface area contributed by atoms with Crippen molar-refractivity contribution in [2.24, 2.45) is 0 Å². The van der Waals surface area contributed by atoms with Crippen molar-refractivity contribution in [3.05, 3.63) is 170 Å². The molecule has 218 valence electrons. The first-order valence-corrected chi connectivity index (χ1v) is 16.6. The van der Waals surface area contributed by atoms with Crippen LogP contribution in [-0.4, -0.2) is 0 Å². The van der Waals surface area contributed by atoms with Gasteiger partial charge in [0.2, 0.25) is 0 Å². The minimum Gasteiger partial charge on any atom is -0.135 e. The Labute approximate surface area is 283 Å². The number of thiophene rings is 1. The van der Waals surface area contributed by atoms with Gasteiger partial charge in [-0.15, -0.1) is 11.3 Å². The Morgan fingerprint density at radius 3 is 1.68 bits per heavy atom. The van der Waals surface area contributed by atoms with E-state index < -0.39 is 0 Å². The van der Waals surface area contributed by atoms with Crippen molar-refractivity contribution < 1.29 is 6.85 Å². The standard InChI is InChI=1S/C46H28S/c1-2-13-29(14-3-1)32-27-28-41(46-45(32)40-21-10-11-24-42(40)47-46)44-38-19-8-6-17-36(38)43(37-18-7-9-20-39(37)44)35-23-12-22-33-31-16-5-4-15-30(31)25-26-34(33)35/h1-28H/i1D,2D,3D,13D,14D. The van der Waals surface area contributed by atoms with Crippen LogP contribution in [0.25, 0.3) is 96.6 Å². The van der Waals surface area contributed by atoms with Crippen molar-refractivity contribution in [3.63, 3.8) is 0 Å². The molecule has 10 aromatic rings. The lowest BCUT2D eigenvalue weighted by Crippen LogP contribution is -1.92. The molecule has 0 aliphatic rings. The van der Waals surface area contributed by atoms with Crippen LogP contribution in [0, 0.1) is 0 Å². The highest BCUT2D eigenvalue weighted by Crippen LogP contribution is 2.50. The van der Waals surface area contributed by atoms with Gasteiger partial charge in [-0.05, 0) is 77.0 Å². The number of rotatable bonds is 3. The van der Waals surface area contributed by atoms with E-state index >= 15 is 0 Å². The zero-order chi connectivity index (χ0) is 35.2. The molecular weight excluding hydrogens is 585 g/mol. The summed E-state index contributed by atoms with van der Waals surface area (Å²) in [4.78, 5) is 0. The number of hydrogen-bond donors (Lipinski definition) is 0. The van der Waals surface area contributed by atoms with Crippen LogP contribution in [0.5, 0.6) is 0 Å². The third-order valence-corrected chi connectivity index (χ3v) is 10.8. The lowest BCUT2D eigenvalue weighted by molar-refractivity contribution is 1.66. The maximum Gasteiger partial charge on any atom is 0.0629 e. The van der Waals surface area contributed by atoms with Crippen molar-refractivity contribution in [1.82, 2.24) is 0 Å². The van der Waals surface area contributed by atoms with Crippen molar-refractivity contribution >= 4 is 74.6 Å². The molecule has 0 amide bonds. The number of fused-ring (bicyclic) bond motifs is 8. The smallest absolute Gasteiger partial charge is 0.0629 e. The van der Waals surface area contributed by atoms with E-state index in [1.165, 1.54) is 32.7 Å². The van der Waals surface area contributed by atoms with Gasteiger partial charge in [0, 0.05) is 25.7 Å². The predicted molar refractivity (Wildman–Crippen MR) is 206 cm³/mol. The van der Waals surface area contributed by atoms with Crippen LogP contribution in [0.2, 0.25) is 0 Å². The van der Waals surface area contributed by atoms with Crippen LogP contribution in [0.1, 0.15) is 6.85 Å². The molecule has 10 rings (SSSR count). The van der Waals surface area contributed by atoms with E-state index in [2.05, 4.69) is 121 Å². The Morgan fingerprint density at radius 1 is 0.383 bits per heavy atom. The van der Waals surface area contributed by atoms with E-state index in [-0.39, 0.29) is 35.8 Å². The molecule has 9 aromatic carbocycles. The summed E-state index contributed by atoms with van der Waals surface area (Å²) in [5, 5.41) is 11.3. The Morgan fingerprint density at radius 2 is 0.957 bits per heavy atom. The van der Waals surface area contributed by atoms with Gasteiger partial charge in [0.05, 0.1) is 6.85 Å². The Bertz CT molecular complexity index is 3050. The molecule has 0 unspecified atom stereocenters. The fraction of sp³-hybridized carbons (Fsp3) is 0. The van der Waals surface area contributed by atoms with Gasteiger partial charge in [0.25, 0.3) is 0 Å². The molecule has 0 aliphatic carbocycles. The summed E-state index contributed by atoms with van der Waals surface area (Å²) in [7, 11) is 0. The summed E-state index contributed by atoms with van der Waals surface area (Å²) >= 11 is 1.68. The second-order valence-electron chi connectivity index (χ2n) is 12.0.